The summed E-state index contributed by atoms with van der Waals surface area (Å²) in [6.07, 6.45) is 6.31. The van der Waals surface area contributed by atoms with Crippen molar-refractivity contribution < 1.29 is 24.2 Å². The zero-order chi connectivity index (χ0) is 28.6. The average molecular weight is 592 g/mol. The third kappa shape index (κ3) is 5.20. The fourth-order valence-corrected chi connectivity index (χ4v) is 7.98. The molecule has 2 fully saturated rings. The first kappa shape index (κ1) is 29.5. The number of rotatable bonds is 10. The highest BCUT2D eigenvalue weighted by molar-refractivity contribution is 6.31. The second-order valence-corrected chi connectivity index (χ2v) is 12.6. The summed E-state index contributed by atoms with van der Waals surface area (Å²) in [7, 11) is 1.90. The standard InChI is InChI=1S/C31H37Cl2FN2O4/c1-36-27(13-12-18-6-2-3-7-18)31(22-15-24(34)23(33)16-25(22)35-30(31)40)28(19-8-4-9-20(32)14-19)29(36)26(39)11-5-10-21(38)17-37/h4,8-9,14-16,18,21,27-29,37-38H,2-3,5-7,10-13,17H2,1H3,(H,35,40)/t21-,27+,28-,29-,31-/m0/s1. The number of fused-ring (bicyclic) bond motifs is 2. The Hall–Kier alpha value is -2.03. The van der Waals surface area contributed by atoms with E-state index in [0.29, 0.717) is 41.5 Å². The van der Waals surface area contributed by atoms with Crippen LogP contribution in [-0.4, -0.2) is 58.6 Å². The van der Waals surface area contributed by atoms with Gasteiger partial charge in [0.25, 0.3) is 0 Å². The van der Waals surface area contributed by atoms with Gasteiger partial charge in [-0.2, -0.15) is 0 Å². The molecule has 0 unspecified atom stereocenters. The number of nitrogens with zero attached hydrogens (tertiary/aromatic N) is 1. The Morgan fingerprint density at radius 3 is 2.65 bits per heavy atom. The van der Waals surface area contributed by atoms with Gasteiger partial charge in [-0.05, 0) is 74.0 Å². The van der Waals surface area contributed by atoms with Crippen LogP contribution < -0.4 is 5.32 Å². The number of anilines is 1. The number of aliphatic hydroxyl groups excluding tert-OH is 2. The number of likely N-dealkylation sites (tertiary alicyclic amines) is 1. The molecule has 1 aliphatic carbocycles. The highest BCUT2D eigenvalue weighted by Gasteiger charge is 2.67. The van der Waals surface area contributed by atoms with E-state index in [9.17, 15) is 19.8 Å². The minimum absolute atomic E-state index is 0.0592. The molecular formula is C31H37Cl2FN2O4. The summed E-state index contributed by atoms with van der Waals surface area (Å²) in [6.45, 7) is -0.361. The third-order valence-electron chi connectivity index (χ3n) is 9.42. The van der Waals surface area contributed by atoms with Crippen LogP contribution in [0.4, 0.5) is 10.1 Å². The number of benzene rings is 2. The number of amides is 1. The lowest BCUT2D eigenvalue weighted by Crippen LogP contribution is -2.48. The van der Waals surface area contributed by atoms with Crippen molar-refractivity contribution in [2.24, 2.45) is 5.92 Å². The van der Waals surface area contributed by atoms with Gasteiger partial charge in [-0.15, -0.1) is 0 Å². The number of nitrogens with one attached hydrogen (secondary N) is 1. The predicted molar refractivity (Wildman–Crippen MR) is 154 cm³/mol. The summed E-state index contributed by atoms with van der Waals surface area (Å²) in [5.74, 6) is -0.983. The van der Waals surface area contributed by atoms with Gasteiger partial charge in [0.2, 0.25) is 5.91 Å². The lowest BCUT2D eigenvalue weighted by molar-refractivity contribution is -0.124. The number of Topliss-reactive ketones (excluding diaryl/α,β-unsaturated/α-hetero) is 1. The second kappa shape index (κ2) is 12.1. The lowest BCUT2D eigenvalue weighted by atomic mass is 9.63. The van der Waals surface area contributed by atoms with Gasteiger partial charge in [-0.3, -0.25) is 14.5 Å². The van der Waals surface area contributed by atoms with E-state index in [1.807, 2.05) is 24.1 Å². The Kier molecular flexibility index (Phi) is 8.89. The summed E-state index contributed by atoms with van der Waals surface area (Å²) in [4.78, 5) is 30.4. The summed E-state index contributed by atoms with van der Waals surface area (Å²) >= 11 is 12.6. The van der Waals surface area contributed by atoms with Crippen molar-refractivity contribution in [3.63, 3.8) is 0 Å². The van der Waals surface area contributed by atoms with Crippen molar-refractivity contribution in [1.29, 1.82) is 0 Å². The number of aliphatic hydroxyl groups is 2. The topological polar surface area (TPSA) is 89.9 Å². The number of carbonyl (C=O) groups is 2. The molecule has 2 aliphatic heterocycles. The highest BCUT2D eigenvalue weighted by Crippen LogP contribution is 2.59. The molecule has 5 atom stereocenters. The first-order valence-corrected chi connectivity index (χ1v) is 15.0. The van der Waals surface area contributed by atoms with Gasteiger partial charge in [-0.25, -0.2) is 4.39 Å². The molecule has 1 saturated heterocycles. The van der Waals surface area contributed by atoms with Crippen molar-refractivity contribution in [2.45, 2.75) is 87.3 Å². The van der Waals surface area contributed by atoms with Crippen molar-refractivity contribution in [3.8, 4) is 0 Å². The molecule has 1 saturated carbocycles. The first-order valence-electron chi connectivity index (χ1n) is 14.3. The van der Waals surface area contributed by atoms with Crippen LogP contribution in [-0.2, 0) is 15.0 Å². The minimum atomic E-state index is -1.23. The van der Waals surface area contributed by atoms with Gasteiger partial charge in [0.05, 0.1) is 23.8 Å². The number of halogens is 3. The maximum absolute atomic E-state index is 15.1. The SMILES string of the molecule is CN1[C@@H](C(=O)CCC[C@H](O)CO)[C@H](c2cccc(Cl)c2)[C@@]2(C(=O)Nc3cc(Cl)c(F)cc32)[C@H]1CCC1CCCC1. The minimum Gasteiger partial charge on any atom is -0.394 e. The Morgan fingerprint density at radius 1 is 1.20 bits per heavy atom. The number of ketones is 1. The number of hydrogen-bond donors (Lipinski definition) is 3. The van der Waals surface area contributed by atoms with E-state index in [2.05, 4.69) is 5.32 Å². The van der Waals surface area contributed by atoms with E-state index in [0.717, 1.165) is 24.8 Å². The summed E-state index contributed by atoms with van der Waals surface area (Å²) in [5, 5.41) is 22.5. The van der Waals surface area contributed by atoms with Crippen LogP contribution in [0.5, 0.6) is 0 Å². The van der Waals surface area contributed by atoms with Crippen LogP contribution >= 0.6 is 23.2 Å². The maximum Gasteiger partial charge on any atom is 0.237 e. The maximum atomic E-state index is 15.1. The monoisotopic (exact) mass is 590 g/mol. The van der Waals surface area contributed by atoms with Gasteiger partial charge in [0.1, 0.15) is 11.2 Å². The highest BCUT2D eigenvalue weighted by atomic mass is 35.5. The van der Waals surface area contributed by atoms with Crippen molar-refractivity contribution in [1.82, 2.24) is 4.90 Å². The molecule has 3 aliphatic rings. The van der Waals surface area contributed by atoms with E-state index >= 15 is 4.39 Å². The van der Waals surface area contributed by atoms with Crippen LogP contribution in [0.1, 0.15) is 74.8 Å². The van der Waals surface area contributed by atoms with Gasteiger partial charge in [0.15, 0.2) is 5.78 Å². The predicted octanol–water partition coefficient (Wildman–Crippen LogP) is 5.85. The molecule has 216 valence electrons. The molecule has 3 N–H and O–H groups in total. The van der Waals surface area contributed by atoms with Crippen LogP contribution in [0.2, 0.25) is 10.0 Å². The first-order chi connectivity index (χ1) is 19.2. The van der Waals surface area contributed by atoms with Crippen molar-refractivity contribution in [2.75, 3.05) is 19.0 Å². The molecule has 5 rings (SSSR count). The van der Waals surface area contributed by atoms with Gasteiger partial charge in [-0.1, -0.05) is 61.0 Å². The molecule has 40 heavy (non-hydrogen) atoms. The van der Waals surface area contributed by atoms with Crippen LogP contribution in [0.15, 0.2) is 36.4 Å². The Morgan fingerprint density at radius 2 is 1.95 bits per heavy atom. The van der Waals surface area contributed by atoms with Crippen LogP contribution in [0, 0.1) is 11.7 Å². The largest absolute Gasteiger partial charge is 0.394 e. The third-order valence-corrected chi connectivity index (χ3v) is 9.95. The van der Waals surface area contributed by atoms with Gasteiger partial charge in [0, 0.05) is 29.1 Å². The smallest absolute Gasteiger partial charge is 0.237 e. The fraction of sp³-hybridized carbons (Fsp3) is 0.548. The average Bonchev–Trinajstić information content (AvgIpc) is 3.60. The zero-order valence-electron chi connectivity index (χ0n) is 22.7. The Balaban J connectivity index is 1.64. The number of carbonyl (C=O) groups excluding carboxylic acids is 2. The molecule has 0 aromatic heterocycles. The number of likely N-dealkylation sites (N-methyl/N-ethyl adjacent to an activating group) is 1. The van der Waals surface area contributed by atoms with E-state index in [4.69, 9.17) is 23.2 Å². The molecule has 1 spiro atoms. The molecule has 2 heterocycles. The molecular weight excluding hydrogens is 554 g/mol. The van der Waals surface area contributed by atoms with E-state index < -0.39 is 29.3 Å². The molecule has 2 aromatic carbocycles. The van der Waals surface area contributed by atoms with Crippen molar-refractivity contribution >= 4 is 40.6 Å². The molecule has 0 radical (unpaired) electrons. The second-order valence-electron chi connectivity index (χ2n) is 11.7. The molecule has 6 nitrogen and oxygen atoms in total. The zero-order valence-corrected chi connectivity index (χ0v) is 24.2. The molecule has 1 amide bonds. The van der Waals surface area contributed by atoms with Crippen LogP contribution in [0.3, 0.4) is 0 Å². The van der Waals surface area contributed by atoms with Gasteiger partial charge < -0.3 is 15.5 Å². The summed E-state index contributed by atoms with van der Waals surface area (Å²) in [6, 6.07) is 9.05. The van der Waals surface area contributed by atoms with E-state index in [1.54, 1.807) is 12.1 Å². The summed E-state index contributed by atoms with van der Waals surface area (Å²) < 4.78 is 15.1. The van der Waals surface area contributed by atoms with E-state index in [1.165, 1.54) is 25.0 Å². The molecule has 2 aromatic rings. The lowest BCUT2D eigenvalue weighted by Gasteiger charge is -2.36. The Bertz CT molecular complexity index is 1270. The number of hydrogen-bond acceptors (Lipinski definition) is 5. The van der Waals surface area contributed by atoms with Gasteiger partial charge >= 0.3 is 0 Å². The summed E-state index contributed by atoms with van der Waals surface area (Å²) in [5.41, 5.74) is 0.513. The quantitative estimate of drug-likeness (QED) is 0.323. The van der Waals surface area contributed by atoms with E-state index in [-0.39, 0.29) is 35.8 Å². The van der Waals surface area contributed by atoms with Crippen molar-refractivity contribution in [3.05, 3.63) is 63.4 Å². The fourth-order valence-electron chi connectivity index (χ4n) is 7.62. The van der Waals surface area contributed by atoms with Crippen LogP contribution in [0.25, 0.3) is 0 Å². The normalized spacial score (nSPS) is 27.4. The Labute approximate surface area is 244 Å². The molecule has 9 heteroatoms. The molecule has 0 bridgehead atoms.